The van der Waals surface area contributed by atoms with Crippen LogP contribution in [0.25, 0.3) is 10.4 Å². The van der Waals surface area contributed by atoms with Crippen molar-refractivity contribution in [1.29, 1.82) is 0 Å². The first-order valence-corrected chi connectivity index (χ1v) is 4.95. The second-order valence-corrected chi connectivity index (χ2v) is 3.98. The zero-order chi connectivity index (χ0) is 9.97. The van der Waals surface area contributed by atoms with Crippen LogP contribution in [0.15, 0.2) is 36.4 Å². The average Bonchev–Trinajstić information content (AvgIpc) is 2.67. The van der Waals surface area contributed by atoms with E-state index in [1.807, 2.05) is 18.2 Å². The summed E-state index contributed by atoms with van der Waals surface area (Å²) in [4.78, 5) is 12.2. The number of carbonyl (C=O) groups excluding carboxylic acids is 1. The van der Waals surface area contributed by atoms with E-state index in [0.717, 1.165) is 16.7 Å². The molecule has 0 unspecified atom stereocenters. The van der Waals surface area contributed by atoms with E-state index in [9.17, 15) is 4.79 Å². The molecule has 1 N–H and O–H groups in total. The quantitative estimate of drug-likeness (QED) is 0.763. The summed E-state index contributed by atoms with van der Waals surface area (Å²) in [6.45, 7) is 0. The van der Waals surface area contributed by atoms with Gasteiger partial charge in [-0.05, 0) is 42.0 Å². The van der Waals surface area contributed by atoms with E-state index in [1.54, 1.807) is 18.2 Å². The van der Waals surface area contributed by atoms with Crippen LogP contribution < -0.4 is 0 Å². The molecule has 0 spiro atoms. The number of benzene rings is 1. The summed E-state index contributed by atoms with van der Waals surface area (Å²) in [5.41, 5.74) is 1.01. The lowest BCUT2D eigenvalue weighted by atomic mass is 10.2. The Morgan fingerprint density at radius 3 is 2.36 bits per heavy atom. The first-order chi connectivity index (χ1) is 6.79. The van der Waals surface area contributed by atoms with Crippen LogP contribution in [-0.2, 0) is 0 Å². The molecule has 2 rings (SSSR count). The van der Waals surface area contributed by atoms with Crippen LogP contribution in [0.1, 0.15) is 9.67 Å². The predicted molar refractivity (Wildman–Crippen MR) is 56.8 cm³/mol. The minimum absolute atomic E-state index is 0.251. The van der Waals surface area contributed by atoms with Gasteiger partial charge in [0, 0.05) is 4.88 Å². The van der Waals surface area contributed by atoms with E-state index >= 15 is 0 Å². The average molecular weight is 204 g/mol. The molecular formula is C11H8O2S. The first kappa shape index (κ1) is 8.97. The summed E-state index contributed by atoms with van der Waals surface area (Å²) in [6, 6.07) is 10.6. The Hall–Kier alpha value is -1.61. The number of phenols is 1. The highest BCUT2D eigenvalue weighted by Crippen LogP contribution is 2.28. The molecule has 2 aromatic rings. The number of carbonyl (C=O) groups is 1. The van der Waals surface area contributed by atoms with Gasteiger partial charge < -0.3 is 5.11 Å². The van der Waals surface area contributed by atoms with Gasteiger partial charge >= 0.3 is 0 Å². The third-order valence-corrected chi connectivity index (χ3v) is 2.95. The van der Waals surface area contributed by atoms with Crippen LogP contribution >= 0.6 is 11.3 Å². The van der Waals surface area contributed by atoms with Gasteiger partial charge in [0.2, 0.25) is 0 Å². The number of aromatic hydroxyl groups is 1. The lowest BCUT2D eigenvalue weighted by Gasteiger charge is -1.96. The smallest absolute Gasteiger partial charge is 0.160 e. The highest BCUT2D eigenvalue weighted by atomic mass is 32.1. The molecule has 2 nitrogen and oxygen atoms in total. The third-order valence-electron chi connectivity index (χ3n) is 1.89. The molecule has 1 aromatic carbocycles. The van der Waals surface area contributed by atoms with Gasteiger partial charge in [0.15, 0.2) is 6.29 Å². The minimum Gasteiger partial charge on any atom is -0.508 e. The molecule has 0 aliphatic heterocycles. The van der Waals surface area contributed by atoms with Crippen molar-refractivity contribution in [2.45, 2.75) is 0 Å². The van der Waals surface area contributed by atoms with Crippen LogP contribution in [-0.4, -0.2) is 11.4 Å². The normalized spacial score (nSPS) is 10.0. The van der Waals surface area contributed by atoms with E-state index in [4.69, 9.17) is 5.11 Å². The fourth-order valence-corrected chi connectivity index (χ4v) is 2.03. The van der Waals surface area contributed by atoms with Crippen molar-refractivity contribution in [3.8, 4) is 16.2 Å². The van der Waals surface area contributed by atoms with Gasteiger partial charge in [-0.1, -0.05) is 0 Å². The van der Waals surface area contributed by atoms with Gasteiger partial charge in [0.25, 0.3) is 0 Å². The SMILES string of the molecule is O=Cc1ccc(-c2ccc(O)cc2)s1. The fourth-order valence-electron chi connectivity index (χ4n) is 1.20. The number of phenolic OH excluding ortho intramolecular Hbond substituents is 1. The zero-order valence-corrected chi connectivity index (χ0v) is 8.12. The summed E-state index contributed by atoms with van der Waals surface area (Å²) < 4.78 is 0. The van der Waals surface area contributed by atoms with Crippen LogP contribution in [0, 0.1) is 0 Å². The van der Waals surface area contributed by atoms with Crippen molar-refractivity contribution >= 4 is 17.6 Å². The monoisotopic (exact) mass is 204 g/mol. The Balaban J connectivity index is 2.39. The maximum atomic E-state index is 10.5. The second-order valence-electron chi connectivity index (χ2n) is 2.87. The Kier molecular flexibility index (Phi) is 2.33. The molecule has 0 saturated carbocycles. The molecule has 1 aromatic heterocycles. The Bertz CT molecular complexity index is 443. The van der Waals surface area contributed by atoms with E-state index in [0.29, 0.717) is 4.88 Å². The van der Waals surface area contributed by atoms with Crippen molar-refractivity contribution in [1.82, 2.24) is 0 Å². The van der Waals surface area contributed by atoms with Crippen LogP contribution in [0.2, 0.25) is 0 Å². The molecule has 0 aliphatic rings. The number of aldehydes is 1. The Morgan fingerprint density at radius 1 is 1.07 bits per heavy atom. The molecule has 3 heteroatoms. The first-order valence-electron chi connectivity index (χ1n) is 4.14. The molecular weight excluding hydrogens is 196 g/mol. The van der Waals surface area contributed by atoms with Gasteiger partial charge in [0.1, 0.15) is 5.75 Å². The molecule has 70 valence electrons. The number of thiophene rings is 1. The molecule has 0 fully saturated rings. The summed E-state index contributed by atoms with van der Waals surface area (Å²) in [6.07, 6.45) is 0.842. The standard InChI is InChI=1S/C11H8O2S/c12-7-10-5-6-11(14-10)8-1-3-9(13)4-2-8/h1-7,13H. The largest absolute Gasteiger partial charge is 0.508 e. The summed E-state index contributed by atoms with van der Waals surface area (Å²) in [5, 5.41) is 9.10. The highest BCUT2D eigenvalue weighted by Gasteiger charge is 2.01. The van der Waals surface area contributed by atoms with E-state index < -0.39 is 0 Å². The molecule has 1 heterocycles. The second kappa shape index (κ2) is 3.64. The molecule has 14 heavy (non-hydrogen) atoms. The van der Waals surface area contributed by atoms with Gasteiger partial charge in [0.05, 0.1) is 4.88 Å². The third kappa shape index (κ3) is 1.67. The van der Waals surface area contributed by atoms with Crippen molar-refractivity contribution in [3.63, 3.8) is 0 Å². The van der Waals surface area contributed by atoms with Crippen molar-refractivity contribution in [3.05, 3.63) is 41.3 Å². The topological polar surface area (TPSA) is 37.3 Å². The van der Waals surface area contributed by atoms with Crippen LogP contribution in [0.4, 0.5) is 0 Å². The van der Waals surface area contributed by atoms with Gasteiger partial charge in [-0.3, -0.25) is 4.79 Å². The zero-order valence-electron chi connectivity index (χ0n) is 7.31. The molecule has 0 aliphatic carbocycles. The summed E-state index contributed by atoms with van der Waals surface area (Å²) in [7, 11) is 0. The molecule has 0 amide bonds. The van der Waals surface area contributed by atoms with Crippen LogP contribution in [0.5, 0.6) is 5.75 Å². The Morgan fingerprint density at radius 2 is 1.79 bits per heavy atom. The number of hydrogen-bond donors (Lipinski definition) is 1. The van der Waals surface area contributed by atoms with Gasteiger partial charge in [-0.15, -0.1) is 11.3 Å². The van der Waals surface area contributed by atoms with Crippen molar-refractivity contribution in [2.24, 2.45) is 0 Å². The van der Waals surface area contributed by atoms with Gasteiger partial charge in [-0.2, -0.15) is 0 Å². The molecule has 0 bridgehead atoms. The maximum Gasteiger partial charge on any atom is 0.160 e. The maximum absolute atomic E-state index is 10.5. The predicted octanol–water partition coefficient (Wildman–Crippen LogP) is 2.93. The molecule has 0 radical (unpaired) electrons. The molecule has 0 atom stereocenters. The summed E-state index contributed by atoms with van der Waals surface area (Å²) in [5.74, 6) is 0.251. The Labute approximate surface area is 85.4 Å². The van der Waals surface area contributed by atoms with E-state index in [-0.39, 0.29) is 5.75 Å². The van der Waals surface area contributed by atoms with Gasteiger partial charge in [-0.25, -0.2) is 0 Å². The minimum atomic E-state index is 0.251. The molecule has 0 saturated heterocycles. The fraction of sp³-hybridized carbons (Fsp3) is 0. The van der Waals surface area contributed by atoms with E-state index in [1.165, 1.54) is 11.3 Å². The lowest BCUT2D eigenvalue weighted by Crippen LogP contribution is -1.70. The highest BCUT2D eigenvalue weighted by molar-refractivity contribution is 7.17. The van der Waals surface area contributed by atoms with E-state index in [2.05, 4.69) is 0 Å². The lowest BCUT2D eigenvalue weighted by molar-refractivity contribution is 0.112. The number of hydrogen-bond acceptors (Lipinski definition) is 3. The number of rotatable bonds is 2. The van der Waals surface area contributed by atoms with Crippen molar-refractivity contribution in [2.75, 3.05) is 0 Å². The summed E-state index contributed by atoms with van der Waals surface area (Å²) >= 11 is 1.44. The van der Waals surface area contributed by atoms with Crippen molar-refractivity contribution < 1.29 is 9.90 Å². The van der Waals surface area contributed by atoms with Crippen LogP contribution in [0.3, 0.4) is 0 Å².